The van der Waals surface area contributed by atoms with Crippen LogP contribution in [0.3, 0.4) is 0 Å². The van der Waals surface area contributed by atoms with Gasteiger partial charge < -0.3 is 21.3 Å². The summed E-state index contributed by atoms with van der Waals surface area (Å²) in [4.78, 5) is 24.0. The van der Waals surface area contributed by atoms with Crippen molar-refractivity contribution in [3.63, 3.8) is 0 Å². The maximum absolute atomic E-state index is 13.2. The highest BCUT2D eigenvalue weighted by molar-refractivity contribution is 5.89. The van der Waals surface area contributed by atoms with Gasteiger partial charge in [-0.3, -0.25) is 0 Å². The number of urea groups is 2. The van der Waals surface area contributed by atoms with E-state index in [1.54, 1.807) is 0 Å². The lowest BCUT2D eigenvalue weighted by atomic mass is 9.81. The van der Waals surface area contributed by atoms with Crippen molar-refractivity contribution in [2.45, 2.75) is 25.7 Å². The molecule has 1 saturated carbocycles. The summed E-state index contributed by atoms with van der Waals surface area (Å²) in [7, 11) is 0. The third kappa shape index (κ3) is 6.86. The summed E-state index contributed by atoms with van der Waals surface area (Å²) in [6, 6.07) is 5.20. The van der Waals surface area contributed by atoms with Crippen molar-refractivity contribution < 1.29 is 27.2 Å². The van der Waals surface area contributed by atoms with Crippen LogP contribution in [0.4, 0.5) is 38.5 Å². The molecule has 172 valence electrons. The predicted octanol–water partition coefficient (Wildman–Crippen LogP) is 4.99. The topological polar surface area (TPSA) is 82.3 Å². The summed E-state index contributed by atoms with van der Waals surface area (Å²) in [5.74, 6) is -3.65. The van der Waals surface area contributed by atoms with Gasteiger partial charge >= 0.3 is 12.1 Å². The first kappa shape index (κ1) is 23.4. The van der Waals surface area contributed by atoms with Crippen LogP contribution in [0.1, 0.15) is 25.7 Å². The van der Waals surface area contributed by atoms with Gasteiger partial charge in [-0.15, -0.1) is 0 Å². The molecule has 1 fully saturated rings. The smallest absolute Gasteiger partial charge is 0.319 e. The molecule has 4 N–H and O–H groups in total. The van der Waals surface area contributed by atoms with Gasteiger partial charge in [0.1, 0.15) is 0 Å². The average molecular weight is 452 g/mol. The molecule has 0 unspecified atom stereocenters. The van der Waals surface area contributed by atoms with Crippen LogP contribution in [0, 0.1) is 35.1 Å². The molecule has 0 bridgehead atoms. The standard InChI is InChI=1S/C22H24F4N4O2/c23-17-6-4-15(9-19(17)25)29-21(31)27-11-13-2-1-3-14(8-13)12-28-22(32)30-16-5-7-18(24)20(26)10-16/h4-7,9-10,13-14H,1-3,8,11-12H2,(H2,27,29,31)(H2,28,30,32)/t13-,14+. The average Bonchev–Trinajstić information content (AvgIpc) is 2.76. The SMILES string of the molecule is O=C(NC[C@H]1CCC[C@@H](CNC(=O)Nc2ccc(F)c(F)c2)C1)Nc1ccc(F)c(F)c1. The van der Waals surface area contributed by atoms with Crippen molar-refractivity contribution in [2.75, 3.05) is 23.7 Å². The van der Waals surface area contributed by atoms with Gasteiger partial charge in [-0.05, 0) is 55.4 Å². The van der Waals surface area contributed by atoms with Crippen molar-refractivity contribution >= 4 is 23.4 Å². The van der Waals surface area contributed by atoms with E-state index in [-0.39, 0.29) is 23.2 Å². The van der Waals surface area contributed by atoms with Gasteiger partial charge in [0.25, 0.3) is 0 Å². The third-order valence-electron chi connectivity index (χ3n) is 5.35. The number of amides is 4. The Balaban J connectivity index is 1.38. The maximum Gasteiger partial charge on any atom is 0.319 e. The van der Waals surface area contributed by atoms with Crippen LogP contribution in [0.15, 0.2) is 36.4 Å². The van der Waals surface area contributed by atoms with E-state index in [0.29, 0.717) is 13.1 Å². The molecule has 4 amide bonds. The first-order valence-corrected chi connectivity index (χ1v) is 10.3. The minimum atomic E-state index is -1.04. The zero-order valence-corrected chi connectivity index (χ0v) is 17.2. The first-order valence-electron chi connectivity index (χ1n) is 10.3. The second kappa shape index (κ2) is 10.8. The Morgan fingerprint density at radius 3 is 1.56 bits per heavy atom. The summed E-state index contributed by atoms with van der Waals surface area (Å²) < 4.78 is 52.4. The maximum atomic E-state index is 13.2. The van der Waals surface area contributed by atoms with Crippen LogP contribution >= 0.6 is 0 Å². The molecule has 10 heteroatoms. The minimum Gasteiger partial charge on any atom is -0.338 e. The molecule has 0 aromatic heterocycles. The second-order valence-electron chi connectivity index (χ2n) is 7.83. The number of halogens is 4. The molecular weight excluding hydrogens is 428 g/mol. The Kier molecular flexibility index (Phi) is 7.91. The molecule has 0 heterocycles. The molecule has 1 aliphatic carbocycles. The lowest BCUT2D eigenvalue weighted by Gasteiger charge is -2.29. The summed E-state index contributed by atoms with van der Waals surface area (Å²) >= 11 is 0. The van der Waals surface area contributed by atoms with E-state index in [1.807, 2.05) is 0 Å². The molecule has 6 nitrogen and oxygen atoms in total. The summed E-state index contributed by atoms with van der Waals surface area (Å²) in [6.45, 7) is 0.820. The number of anilines is 2. The number of benzene rings is 2. The van der Waals surface area contributed by atoms with E-state index in [1.165, 1.54) is 12.1 Å². The highest BCUT2D eigenvalue weighted by Gasteiger charge is 2.23. The van der Waals surface area contributed by atoms with Crippen molar-refractivity contribution in [1.29, 1.82) is 0 Å². The highest BCUT2D eigenvalue weighted by Crippen LogP contribution is 2.28. The molecule has 1 aliphatic rings. The molecule has 3 rings (SSSR count). The van der Waals surface area contributed by atoms with Crippen molar-refractivity contribution in [1.82, 2.24) is 10.6 Å². The second-order valence-corrected chi connectivity index (χ2v) is 7.83. The summed E-state index contributed by atoms with van der Waals surface area (Å²) in [6.07, 6.45) is 3.57. The fraction of sp³-hybridized carbons (Fsp3) is 0.364. The fourth-order valence-electron chi connectivity index (χ4n) is 3.75. The molecular formula is C22H24F4N4O2. The molecule has 0 aliphatic heterocycles. The van der Waals surface area contributed by atoms with Gasteiger partial charge in [-0.1, -0.05) is 6.42 Å². The molecule has 0 saturated heterocycles. The lowest BCUT2D eigenvalue weighted by molar-refractivity contribution is 0.230. The van der Waals surface area contributed by atoms with Crippen LogP contribution in [0.5, 0.6) is 0 Å². The Morgan fingerprint density at radius 1 is 0.719 bits per heavy atom. The summed E-state index contributed by atoms with van der Waals surface area (Å²) in [5, 5.41) is 10.4. The van der Waals surface area contributed by atoms with Crippen LogP contribution in [-0.2, 0) is 0 Å². The molecule has 32 heavy (non-hydrogen) atoms. The highest BCUT2D eigenvalue weighted by atomic mass is 19.2. The zero-order chi connectivity index (χ0) is 23.1. The van der Waals surface area contributed by atoms with E-state index in [2.05, 4.69) is 21.3 Å². The minimum absolute atomic E-state index is 0.152. The van der Waals surface area contributed by atoms with Crippen molar-refractivity contribution in [3.8, 4) is 0 Å². The zero-order valence-electron chi connectivity index (χ0n) is 17.2. The summed E-state index contributed by atoms with van der Waals surface area (Å²) in [5.41, 5.74) is 0.304. The van der Waals surface area contributed by atoms with Crippen molar-refractivity contribution in [3.05, 3.63) is 59.7 Å². The van der Waals surface area contributed by atoms with E-state index in [9.17, 15) is 27.2 Å². The fourth-order valence-corrected chi connectivity index (χ4v) is 3.75. The van der Waals surface area contributed by atoms with E-state index < -0.39 is 35.3 Å². The van der Waals surface area contributed by atoms with E-state index in [4.69, 9.17) is 0 Å². The van der Waals surface area contributed by atoms with E-state index >= 15 is 0 Å². The molecule has 2 atom stereocenters. The number of carbonyl (C=O) groups is 2. The largest absolute Gasteiger partial charge is 0.338 e. The van der Waals surface area contributed by atoms with Gasteiger partial charge in [0.15, 0.2) is 23.3 Å². The Hall–Kier alpha value is -3.30. The number of nitrogens with one attached hydrogen (secondary N) is 4. The third-order valence-corrected chi connectivity index (χ3v) is 5.35. The Bertz CT molecular complexity index is 897. The normalized spacial score (nSPS) is 18.0. The van der Waals surface area contributed by atoms with E-state index in [0.717, 1.165) is 49.9 Å². The van der Waals surface area contributed by atoms with Gasteiger partial charge in [-0.2, -0.15) is 0 Å². The number of hydrogen-bond donors (Lipinski definition) is 4. The number of hydrogen-bond acceptors (Lipinski definition) is 2. The molecule has 0 radical (unpaired) electrons. The number of rotatable bonds is 6. The van der Waals surface area contributed by atoms with Crippen LogP contribution in [0.25, 0.3) is 0 Å². The van der Waals surface area contributed by atoms with Crippen LogP contribution in [0.2, 0.25) is 0 Å². The van der Waals surface area contributed by atoms with Crippen LogP contribution < -0.4 is 21.3 Å². The molecule has 0 spiro atoms. The van der Waals surface area contributed by atoms with Crippen molar-refractivity contribution in [2.24, 2.45) is 11.8 Å². The first-order chi connectivity index (χ1) is 15.3. The lowest BCUT2D eigenvalue weighted by Crippen LogP contribution is -2.38. The predicted molar refractivity (Wildman–Crippen MR) is 112 cm³/mol. The van der Waals surface area contributed by atoms with Crippen LogP contribution in [-0.4, -0.2) is 25.2 Å². The van der Waals surface area contributed by atoms with Gasteiger partial charge in [0.05, 0.1) is 0 Å². The van der Waals surface area contributed by atoms with Gasteiger partial charge in [0.2, 0.25) is 0 Å². The Labute approximate surface area is 182 Å². The molecule has 2 aromatic carbocycles. The monoisotopic (exact) mass is 452 g/mol. The Morgan fingerprint density at radius 2 is 1.16 bits per heavy atom. The number of carbonyl (C=O) groups excluding carboxylic acids is 2. The van der Waals surface area contributed by atoms with Gasteiger partial charge in [0, 0.05) is 36.6 Å². The van der Waals surface area contributed by atoms with Gasteiger partial charge in [-0.25, -0.2) is 27.2 Å². The quantitative estimate of drug-likeness (QED) is 0.466. The molecule has 2 aromatic rings.